The van der Waals surface area contributed by atoms with E-state index in [0.717, 1.165) is 0 Å². The molecular formula is C16H18O4. The van der Waals surface area contributed by atoms with Crippen LogP contribution in [0.4, 0.5) is 0 Å². The standard InChI is InChI=1S/C16H18O4/c1-9(17)15(10(2)18)13-7-5-6-8-14(13)16(11(3)19)12(4)20/h5-8,17,19H,1-4H3. The Morgan fingerprint density at radius 1 is 0.750 bits per heavy atom. The summed E-state index contributed by atoms with van der Waals surface area (Å²) in [5.41, 5.74) is 1.14. The number of Topliss-reactive ketones (excluding diaryl/α,β-unsaturated/α-hetero) is 2. The zero-order valence-corrected chi connectivity index (χ0v) is 12.0. The van der Waals surface area contributed by atoms with Gasteiger partial charge >= 0.3 is 0 Å². The number of hydrogen-bond acceptors (Lipinski definition) is 4. The molecule has 0 heterocycles. The molecule has 1 aromatic carbocycles. The summed E-state index contributed by atoms with van der Waals surface area (Å²) in [6, 6.07) is 6.68. The second kappa shape index (κ2) is 6.19. The van der Waals surface area contributed by atoms with Crippen molar-refractivity contribution in [3.05, 3.63) is 46.9 Å². The van der Waals surface area contributed by atoms with Gasteiger partial charge in [-0.25, -0.2) is 0 Å². The van der Waals surface area contributed by atoms with Gasteiger partial charge in [-0.2, -0.15) is 0 Å². The van der Waals surface area contributed by atoms with E-state index in [9.17, 15) is 19.8 Å². The molecule has 1 aromatic rings. The average Bonchev–Trinajstić information content (AvgIpc) is 2.29. The van der Waals surface area contributed by atoms with Crippen LogP contribution in [-0.2, 0) is 9.59 Å². The van der Waals surface area contributed by atoms with Gasteiger partial charge < -0.3 is 10.2 Å². The lowest BCUT2D eigenvalue weighted by Gasteiger charge is -2.14. The zero-order chi connectivity index (χ0) is 15.4. The van der Waals surface area contributed by atoms with Crippen molar-refractivity contribution in [3.8, 4) is 0 Å². The Balaban J connectivity index is 3.70. The van der Waals surface area contributed by atoms with Crippen LogP contribution in [0.1, 0.15) is 38.8 Å². The number of carbonyl (C=O) groups excluding carboxylic acids is 2. The first-order valence-corrected chi connectivity index (χ1v) is 6.18. The first-order chi connectivity index (χ1) is 9.27. The summed E-state index contributed by atoms with van der Waals surface area (Å²) >= 11 is 0. The SMILES string of the molecule is CC(=O)C(=C(C)O)c1ccccc1C(C(C)=O)=C(C)O. The fraction of sp³-hybridized carbons (Fsp3) is 0.250. The van der Waals surface area contributed by atoms with E-state index < -0.39 is 0 Å². The largest absolute Gasteiger partial charge is 0.512 e. The fourth-order valence-corrected chi connectivity index (χ4v) is 2.20. The van der Waals surface area contributed by atoms with Gasteiger partial charge in [-0.3, -0.25) is 9.59 Å². The highest BCUT2D eigenvalue weighted by Crippen LogP contribution is 2.29. The van der Waals surface area contributed by atoms with Gasteiger partial charge in [0.15, 0.2) is 11.6 Å². The Kier molecular flexibility index (Phi) is 4.86. The third-order valence-electron chi connectivity index (χ3n) is 2.89. The first-order valence-electron chi connectivity index (χ1n) is 6.18. The van der Waals surface area contributed by atoms with Gasteiger partial charge in [-0.1, -0.05) is 24.3 Å². The number of carbonyl (C=O) groups is 2. The lowest BCUT2D eigenvalue weighted by Crippen LogP contribution is -2.07. The van der Waals surface area contributed by atoms with Crippen LogP contribution in [-0.4, -0.2) is 21.8 Å². The van der Waals surface area contributed by atoms with Gasteiger partial charge in [-0.05, 0) is 38.8 Å². The van der Waals surface area contributed by atoms with E-state index in [2.05, 4.69) is 0 Å². The highest BCUT2D eigenvalue weighted by molar-refractivity contribution is 6.25. The van der Waals surface area contributed by atoms with Crippen molar-refractivity contribution < 1.29 is 19.8 Å². The third kappa shape index (κ3) is 3.15. The van der Waals surface area contributed by atoms with Crippen molar-refractivity contribution in [1.82, 2.24) is 0 Å². The normalized spacial score (nSPS) is 13.4. The van der Waals surface area contributed by atoms with Gasteiger partial charge in [0, 0.05) is 0 Å². The van der Waals surface area contributed by atoms with Crippen molar-refractivity contribution in [2.45, 2.75) is 27.7 Å². The Morgan fingerprint density at radius 3 is 1.25 bits per heavy atom. The summed E-state index contributed by atoms with van der Waals surface area (Å²) in [6.07, 6.45) is 0. The molecule has 0 saturated heterocycles. The molecule has 4 heteroatoms. The number of aliphatic hydroxyl groups is 2. The molecule has 0 atom stereocenters. The molecule has 106 valence electrons. The van der Waals surface area contributed by atoms with Gasteiger partial charge in [-0.15, -0.1) is 0 Å². The second-order valence-electron chi connectivity index (χ2n) is 4.58. The molecule has 4 nitrogen and oxygen atoms in total. The molecule has 0 unspecified atom stereocenters. The van der Waals surface area contributed by atoms with Crippen molar-refractivity contribution in [1.29, 1.82) is 0 Å². The van der Waals surface area contributed by atoms with E-state index in [-0.39, 0.29) is 34.2 Å². The van der Waals surface area contributed by atoms with Crippen molar-refractivity contribution >= 4 is 22.7 Å². The summed E-state index contributed by atoms with van der Waals surface area (Å²) in [4.78, 5) is 23.4. The Bertz CT molecular complexity index is 558. The van der Waals surface area contributed by atoms with Gasteiger partial charge in [0.2, 0.25) is 0 Å². The number of aliphatic hydroxyl groups excluding tert-OH is 2. The lowest BCUT2D eigenvalue weighted by molar-refractivity contribution is -0.112. The molecule has 0 spiro atoms. The van der Waals surface area contributed by atoms with E-state index in [1.165, 1.54) is 27.7 Å². The van der Waals surface area contributed by atoms with E-state index >= 15 is 0 Å². The molecule has 0 aliphatic rings. The molecular weight excluding hydrogens is 256 g/mol. The fourth-order valence-electron chi connectivity index (χ4n) is 2.20. The lowest BCUT2D eigenvalue weighted by atomic mass is 9.90. The molecule has 0 radical (unpaired) electrons. The van der Waals surface area contributed by atoms with Crippen LogP contribution in [0.2, 0.25) is 0 Å². The van der Waals surface area contributed by atoms with Crippen molar-refractivity contribution in [2.24, 2.45) is 0 Å². The Hall–Kier alpha value is -2.36. The van der Waals surface area contributed by atoms with Crippen LogP contribution < -0.4 is 0 Å². The van der Waals surface area contributed by atoms with Crippen LogP contribution >= 0.6 is 0 Å². The molecule has 1 rings (SSSR count). The highest BCUT2D eigenvalue weighted by atomic mass is 16.3. The maximum Gasteiger partial charge on any atom is 0.163 e. The quantitative estimate of drug-likeness (QED) is 0.651. The summed E-state index contributed by atoms with van der Waals surface area (Å²) < 4.78 is 0. The minimum Gasteiger partial charge on any atom is -0.512 e. The van der Waals surface area contributed by atoms with Gasteiger partial charge in [0.05, 0.1) is 11.1 Å². The predicted octanol–water partition coefficient (Wildman–Crippen LogP) is 3.44. The zero-order valence-electron chi connectivity index (χ0n) is 12.0. The van der Waals surface area contributed by atoms with Crippen LogP contribution in [0.3, 0.4) is 0 Å². The molecule has 0 aliphatic heterocycles. The van der Waals surface area contributed by atoms with Crippen molar-refractivity contribution in [3.63, 3.8) is 0 Å². The number of rotatable bonds is 4. The third-order valence-corrected chi connectivity index (χ3v) is 2.89. The first kappa shape index (κ1) is 15.7. The van der Waals surface area contributed by atoms with E-state index in [0.29, 0.717) is 11.1 Å². The van der Waals surface area contributed by atoms with Gasteiger partial charge in [0.25, 0.3) is 0 Å². The molecule has 2 N–H and O–H groups in total. The number of benzene rings is 1. The molecule has 0 aliphatic carbocycles. The van der Waals surface area contributed by atoms with Crippen molar-refractivity contribution in [2.75, 3.05) is 0 Å². The van der Waals surface area contributed by atoms with E-state index in [4.69, 9.17) is 0 Å². The van der Waals surface area contributed by atoms with E-state index in [1.807, 2.05) is 0 Å². The van der Waals surface area contributed by atoms with E-state index in [1.54, 1.807) is 24.3 Å². The summed E-state index contributed by atoms with van der Waals surface area (Å²) in [5.74, 6) is -0.862. The summed E-state index contributed by atoms with van der Waals surface area (Å²) in [6.45, 7) is 5.51. The molecule has 0 amide bonds. The van der Waals surface area contributed by atoms with Crippen LogP contribution in [0.15, 0.2) is 35.8 Å². The molecule has 20 heavy (non-hydrogen) atoms. The summed E-state index contributed by atoms with van der Waals surface area (Å²) in [7, 11) is 0. The maximum atomic E-state index is 11.7. The Morgan fingerprint density at radius 2 is 1.05 bits per heavy atom. The maximum absolute atomic E-state index is 11.7. The summed E-state index contributed by atoms with van der Waals surface area (Å²) in [5, 5.41) is 19.4. The van der Waals surface area contributed by atoms with Crippen LogP contribution in [0.25, 0.3) is 11.1 Å². The smallest absolute Gasteiger partial charge is 0.163 e. The number of hydrogen-bond donors (Lipinski definition) is 2. The van der Waals surface area contributed by atoms with Crippen LogP contribution in [0, 0.1) is 0 Å². The molecule has 0 fully saturated rings. The highest BCUT2D eigenvalue weighted by Gasteiger charge is 2.20. The predicted molar refractivity (Wildman–Crippen MR) is 78.2 cm³/mol. The van der Waals surface area contributed by atoms with Crippen LogP contribution in [0.5, 0.6) is 0 Å². The number of ketones is 2. The molecule has 0 bridgehead atoms. The monoisotopic (exact) mass is 274 g/mol. The minimum atomic E-state index is -0.309. The Labute approximate surface area is 118 Å². The molecule has 0 aromatic heterocycles. The van der Waals surface area contributed by atoms with Gasteiger partial charge in [0.1, 0.15) is 11.5 Å². The second-order valence-corrected chi connectivity index (χ2v) is 4.58. The minimum absolute atomic E-state index is 0.122. The topological polar surface area (TPSA) is 74.6 Å². The molecule has 0 saturated carbocycles. The number of allylic oxidation sites excluding steroid dienone is 4. The average molecular weight is 274 g/mol.